The maximum atomic E-state index is 12.6. The van der Waals surface area contributed by atoms with Crippen LogP contribution in [-0.4, -0.2) is 22.2 Å². The van der Waals surface area contributed by atoms with Crippen molar-refractivity contribution in [2.45, 2.75) is 20.0 Å². The molecular weight excluding hydrogens is 432 g/mol. The van der Waals surface area contributed by atoms with Gasteiger partial charge in [-0.25, -0.2) is 4.79 Å². The zero-order chi connectivity index (χ0) is 18.7. The van der Waals surface area contributed by atoms with E-state index in [-0.39, 0.29) is 24.1 Å². The Kier molecular flexibility index (Phi) is 7.30. The van der Waals surface area contributed by atoms with E-state index in [0.29, 0.717) is 35.1 Å². The van der Waals surface area contributed by atoms with Gasteiger partial charge in [-0.15, -0.1) is 12.4 Å². The number of nitrogens with zero attached hydrogens (tertiary/aromatic N) is 1. The summed E-state index contributed by atoms with van der Waals surface area (Å²) in [6, 6.07) is 13.5. The van der Waals surface area contributed by atoms with Crippen LogP contribution in [-0.2, 0) is 24.9 Å². The molecule has 1 heterocycles. The van der Waals surface area contributed by atoms with Gasteiger partial charge in [0.2, 0.25) is 0 Å². The summed E-state index contributed by atoms with van der Waals surface area (Å²) in [6.45, 7) is 3.28. The first kappa shape index (κ1) is 21.3. The second kappa shape index (κ2) is 9.26. The number of esters is 1. The molecule has 144 valence electrons. The quantitative estimate of drug-likeness (QED) is 0.538. The maximum absolute atomic E-state index is 12.6. The predicted molar refractivity (Wildman–Crippen MR) is 112 cm³/mol. The number of benzene rings is 2. The van der Waals surface area contributed by atoms with Crippen LogP contribution < -0.4 is 5.32 Å². The van der Waals surface area contributed by atoms with Crippen LogP contribution in [0.4, 0.5) is 0 Å². The zero-order valence-corrected chi connectivity index (χ0v) is 17.6. The third-order valence-electron chi connectivity index (χ3n) is 4.33. The number of rotatable bonds is 6. The van der Waals surface area contributed by atoms with Gasteiger partial charge in [-0.1, -0.05) is 30.3 Å². The molecular formula is C20H22BrClN2O3. The van der Waals surface area contributed by atoms with E-state index < -0.39 is 0 Å². The summed E-state index contributed by atoms with van der Waals surface area (Å²) < 4.78 is 7.80. The number of phenolic OH excluding ortho intramolecular Hbond substituents is 1. The number of hydrogen-bond donors (Lipinski definition) is 2. The lowest BCUT2D eigenvalue weighted by atomic mass is 10.1. The number of aromatic hydroxyl groups is 1. The maximum Gasteiger partial charge on any atom is 0.340 e. The Labute approximate surface area is 172 Å². The molecule has 0 unspecified atom stereocenters. The number of ether oxygens (including phenoxy) is 1. The summed E-state index contributed by atoms with van der Waals surface area (Å²) in [5, 5.41) is 14.1. The van der Waals surface area contributed by atoms with Crippen molar-refractivity contribution in [3.63, 3.8) is 0 Å². The lowest BCUT2D eigenvalue weighted by Crippen LogP contribution is -2.18. The minimum Gasteiger partial charge on any atom is -0.507 e. The minimum absolute atomic E-state index is 0. The first-order chi connectivity index (χ1) is 12.5. The number of carbonyl (C=O) groups excluding carboxylic acids is 1. The molecule has 0 aliphatic carbocycles. The predicted octanol–water partition coefficient (Wildman–Crippen LogP) is 4.53. The van der Waals surface area contributed by atoms with Crippen molar-refractivity contribution in [3.8, 4) is 5.75 Å². The first-order valence-electron chi connectivity index (χ1n) is 8.44. The molecule has 0 atom stereocenters. The number of phenols is 1. The van der Waals surface area contributed by atoms with Crippen molar-refractivity contribution in [1.29, 1.82) is 0 Å². The molecule has 2 aromatic carbocycles. The number of halogens is 2. The SMILES string of the molecule is CCOC(=O)c1c(CNCc2ccccc2)n(C)c2cc(Br)c(O)cc12.Cl. The van der Waals surface area contributed by atoms with Crippen molar-refractivity contribution in [1.82, 2.24) is 9.88 Å². The number of fused-ring (bicyclic) bond motifs is 1. The zero-order valence-electron chi connectivity index (χ0n) is 15.2. The molecule has 0 aliphatic rings. The average Bonchev–Trinajstić information content (AvgIpc) is 2.89. The first-order valence-corrected chi connectivity index (χ1v) is 9.23. The molecule has 3 rings (SSSR count). The normalized spacial score (nSPS) is 10.6. The minimum atomic E-state index is -0.378. The molecule has 27 heavy (non-hydrogen) atoms. The van der Waals surface area contributed by atoms with E-state index in [1.54, 1.807) is 13.0 Å². The summed E-state index contributed by atoms with van der Waals surface area (Å²) in [7, 11) is 1.91. The van der Waals surface area contributed by atoms with Crippen LogP contribution in [0.15, 0.2) is 46.9 Å². The van der Waals surface area contributed by atoms with Gasteiger partial charge in [-0.3, -0.25) is 0 Å². The van der Waals surface area contributed by atoms with E-state index in [1.807, 2.05) is 35.9 Å². The highest BCUT2D eigenvalue weighted by Gasteiger charge is 2.23. The van der Waals surface area contributed by atoms with Crippen LogP contribution in [0.3, 0.4) is 0 Å². The fourth-order valence-corrected chi connectivity index (χ4v) is 3.39. The van der Waals surface area contributed by atoms with Gasteiger partial charge in [0.15, 0.2) is 0 Å². The molecule has 7 heteroatoms. The van der Waals surface area contributed by atoms with E-state index in [1.165, 1.54) is 5.56 Å². The second-order valence-electron chi connectivity index (χ2n) is 6.01. The Balaban J connectivity index is 0.00000261. The molecule has 0 fully saturated rings. The monoisotopic (exact) mass is 452 g/mol. The molecule has 0 saturated carbocycles. The van der Waals surface area contributed by atoms with Gasteiger partial charge in [0, 0.05) is 31.2 Å². The van der Waals surface area contributed by atoms with Crippen molar-refractivity contribution < 1.29 is 14.6 Å². The van der Waals surface area contributed by atoms with E-state index >= 15 is 0 Å². The topological polar surface area (TPSA) is 63.5 Å². The standard InChI is InChI=1S/C20H21BrN2O3.ClH/c1-3-26-20(25)19-14-9-18(24)15(21)10-16(14)23(2)17(19)12-22-11-13-7-5-4-6-8-13;/h4-10,22,24H,3,11-12H2,1-2H3;1H. The molecule has 2 N–H and O–H groups in total. The number of aryl methyl sites for hydroxylation is 1. The van der Waals surface area contributed by atoms with Crippen molar-refractivity contribution in [2.24, 2.45) is 7.05 Å². The molecule has 0 bridgehead atoms. The Bertz CT molecular complexity index is 942. The van der Waals surface area contributed by atoms with E-state index in [0.717, 1.165) is 11.2 Å². The summed E-state index contributed by atoms with van der Waals surface area (Å²) >= 11 is 3.34. The lowest BCUT2D eigenvalue weighted by molar-refractivity contribution is 0.0527. The third-order valence-corrected chi connectivity index (χ3v) is 4.97. The number of carbonyl (C=O) groups is 1. The molecule has 0 aliphatic heterocycles. The summed E-state index contributed by atoms with van der Waals surface area (Å²) in [5.41, 5.74) is 3.35. The van der Waals surface area contributed by atoms with E-state index in [9.17, 15) is 9.90 Å². The van der Waals surface area contributed by atoms with Gasteiger partial charge in [0.05, 0.1) is 22.2 Å². The highest BCUT2D eigenvalue weighted by Crippen LogP contribution is 2.34. The van der Waals surface area contributed by atoms with Gasteiger partial charge in [0.1, 0.15) is 5.75 Å². The number of aromatic nitrogens is 1. The summed E-state index contributed by atoms with van der Waals surface area (Å²) in [4.78, 5) is 12.6. The highest BCUT2D eigenvalue weighted by atomic mass is 79.9. The molecule has 5 nitrogen and oxygen atoms in total. The van der Waals surface area contributed by atoms with Crippen LogP contribution >= 0.6 is 28.3 Å². The molecule has 0 amide bonds. The molecule has 0 radical (unpaired) electrons. The van der Waals surface area contributed by atoms with Crippen LogP contribution in [0, 0.1) is 0 Å². The number of hydrogen-bond acceptors (Lipinski definition) is 4. The molecule has 1 aromatic heterocycles. The van der Waals surface area contributed by atoms with Gasteiger partial charge in [0.25, 0.3) is 0 Å². The van der Waals surface area contributed by atoms with Crippen molar-refractivity contribution in [3.05, 3.63) is 63.8 Å². The lowest BCUT2D eigenvalue weighted by Gasteiger charge is -2.09. The highest BCUT2D eigenvalue weighted by molar-refractivity contribution is 9.10. The summed E-state index contributed by atoms with van der Waals surface area (Å²) in [6.07, 6.45) is 0. The van der Waals surface area contributed by atoms with Gasteiger partial charge in [-0.2, -0.15) is 0 Å². The van der Waals surface area contributed by atoms with Crippen LogP contribution in [0.2, 0.25) is 0 Å². The van der Waals surface area contributed by atoms with Crippen molar-refractivity contribution >= 4 is 45.2 Å². The Morgan fingerprint density at radius 1 is 1.22 bits per heavy atom. The fraction of sp³-hybridized carbons (Fsp3) is 0.250. The third kappa shape index (κ3) is 4.46. The summed E-state index contributed by atoms with van der Waals surface area (Å²) in [5.74, 6) is -0.284. The Morgan fingerprint density at radius 2 is 1.93 bits per heavy atom. The second-order valence-corrected chi connectivity index (χ2v) is 6.87. The fourth-order valence-electron chi connectivity index (χ4n) is 3.06. The van der Waals surface area contributed by atoms with Crippen LogP contribution in [0.25, 0.3) is 10.9 Å². The Morgan fingerprint density at radius 3 is 2.59 bits per heavy atom. The average molecular weight is 454 g/mol. The van der Waals surface area contributed by atoms with E-state index in [4.69, 9.17) is 4.74 Å². The van der Waals surface area contributed by atoms with E-state index in [2.05, 4.69) is 33.4 Å². The molecule has 0 spiro atoms. The number of nitrogens with one attached hydrogen (secondary N) is 1. The Hall–Kier alpha value is -2.02. The molecule has 0 saturated heterocycles. The largest absolute Gasteiger partial charge is 0.507 e. The smallest absolute Gasteiger partial charge is 0.340 e. The van der Waals surface area contributed by atoms with Crippen LogP contribution in [0.5, 0.6) is 5.75 Å². The van der Waals surface area contributed by atoms with Gasteiger partial charge in [-0.05, 0) is 40.5 Å². The molecule has 3 aromatic rings. The van der Waals surface area contributed by atoms with Gasteiger partial charge >= 0.3 is 5.97 Å². The van der Waals surface area contributed by atoms with Crippen molar-refractivity contribution in [2.75, 3.05) is 6.61 Å². The van der Waals surface area contributed by atoms with Gasteiger partial charge < -0.3 is 19.7 Å². The van der Waals surface area contributed by atoms with Crippen LogP contribution in [0.1, 0.15) is 28.5 Å².